The highest BCUT2D eigenvalue weighted by Crippen LogP contribution is 2.17. The van der Waals surface area contributed by atoms with Gasteiger partial charge in [-0.1, -0.05) is 0 Å². The topological polar surface area (TPSA) is 49.3 Å². The van der Waals surface area contributed by atoms with Crippen LogP contribution in [-0.4, -0.2) is 24.0 Å². The maximum Gasteiger partial charge on any atom is 0.191 e. The van der Waals surface area contributed by atoms with Crippen molar-refractivity contribution in [1.82, 2.24) is 15.6 Å². The molecule has 0 saturated heterocycles. The van der Waals surface area contributed by atoms with Crippen LogP contribution in [0.2, 0.25) is 0 Å². The minimum absolute atomic E-state index is 0. The van der Waals surface area contributed by atoms with Crippen molar-refractivity contribution in [2.75, 3.05) is 7.05 Å². The molecule has 2 heterocycles. The van der Waals surface area contributed by atoms with Gasteiger partial charge < -0.3 is 10.6 Å². The normalized spacial score (nSPS) is 12.7. The van der Waals surface area contributed by atoms with Crippen molar-refractivity contribution in [3.05, 3.63) is 37.5 Å². The maximum atomic E-state index is 4.45. The average molecular weight is 464 g/mol. The summed E-state index contributed by atoms with van der Waals surface area (Å²) in [7, 11) is 1.81. The van der Waals surface area contributed by atoms with Crippen LogP contribution in [0.1, 0.15) is 32.3 Å². The number of aromatic nitrogens is 1. The Bertz CT molecular complexity index is 648. The molecule has 0 aromatic carbocycles. The number of guanidine groups is 1. The Hall–Kier alpha value is -0.670. The zero-order valence-electron chi connectivity index (χ0n) is 14.3. The first kappa shape index (κ1) is 20.4. The summed E-state index contributed by atoms with van der Waals surface area (Å²) in [5, 5.41) is 7.94. The zero-order valence-corrected chi connectivity index (χ0v) is 18.2. The molecule has 23 heavy (non-hydrogen) atoms. The minimum atomic E-state index is 0. The van der Waals surface area contributed by atoms with Crippen LogP contribution in [-0.2, 0) is 13.0 Å². The van der Waals surface area contributed by atoms with Crippen molar-refractivity contribution in [3.8, 4) is 0 Å². The van der Waals surface area contributed by atoms with Gasteiger partial charge in [-0.3, -0.25) is 4.99 Å². The number of nitrogens with zero attached hydrogens (tertiary/aromatic N) is 2. The summed E-state index contributed by atoms with van der Waals surface area (Å²) in [6.45, 7) is 9.19. The van der Waals surface area contributed by atoms with Gasteiger partial charge in [0.2, 0.25) is 0 Å². The van der Waals surface area contributed by atoms with E-state index in [0.717, 1.165) is 29.6 Å². The van der Waals surface area contributed by atoms with Crippen molar-refractivity contribution >= 4 is 52.6 Å². The first-order valence-corrected chi connectivity index (χ1v) is 9.06. The number of nitrogens with one attached hydrogen (secondary N) is 2. The molecule has 2 aromatic rings. The summed E-state index contributed by atoms with van der Waals surface area (Å²) in [5.74, 6) is 0.839. The number of rotatable bonds is 5. The van der Waals surface area contributed by atoms with Crippen LogP contribution in [0.5, 0.6) is 0 Å². The largest absolute Gasteiger partial charge is 0.354 e. The standard InChI is InChI=1S/C16H24N4S2.HI/c1-10(8-14-7-6-11(2)21-14)19-16(17-5)18-9-15-12(3)20-13(4)22-15;/h6-7,10H,8-9H2,1-5H3,(H2,17,18,19);1H. The quantitative estimate of drug-likeness (QED) is 0.399. The Morgan fingerprint density at radius 3 is 2.52 bits per heavy atom. The van der Waals surface area contributed by atoms with Crippen molar-refractivity contribution in [2.45, 2.75) is 46.7 Å². The van der Waals surface area contributed by atoms with Gasteiger partial charge in [0.1, 0.15) is 0 Å². The van der Waals surface area contributed by atoms with E-state index in [0.29, 0.717) is 6.04 Å². The number of aliphatic imine (C=N–C) groups is 1. The van der Waals surface area contributed by atoms with Crippen LogP contribution < -0.4 is 10.6 Å². The monoisotopic (exact) mass is 464 g/mol. The molecular formula is C16H25IN4S2. The van der Waals surface area contributed by atoms with Gasteiger partial charge >= 0.3 is 0 Å². The summed E-state index contributed by atoms with van der Waals surface area (Å²) in [4.78, 5) is 12.8. The molecule has 0 aliphatic carbocycles. The smallest absolute Gasteiger partial charge is 0.191 e. The molecule has 2 rings (SSSR count). The number of halogens is 1. The Morgan fingerprint density at radius 1 is 1.26 bits per heavy atom. The highest BCUT2D eigenvalue weighted by atomic mass is 127. The van der Waals surface area contributed by atoms with E-state index in [9.17, 15) is 0 Å². The number of thiophene rings is 1. The number of thiazole rings is 1. The minimum Gasteiger partial charge on any atom is -0.354 e. The molecule has 128 valence electrons. The van der Waals surface area contributed by atoms with Gasteiger partial charge in [0.25, 0.3) is 0 Å². The van der Waals surface area contributed by atoms with Crippen LogP contribution in [0.15, 0.2) is 17.1 Å². The predicted molar refractivity (Wildman–Crippen MR) is 113 cm³/mol. The Morgan fingerprint density at radius 2 is 2.00 bits per heavy atom. The molecule has 0 fully saturated rings. The first-order chi connectivity index (χ1) is 10.5. The second-order valence-electron chi connectivity index (χ2n) is 5.43. The van der Waals surface area contributed by atoms with E-state index < -0.39 is 0 Å². The second kappa shape index (κ2) is 9.58. The van der Waals surface area contributed by atoms with Gasteiger partial charge in [-0.05, 0) is 39.8 Å². The predicted octanol–water partition coefficient (Wildman–Crippen LogP) is 4.04. The summed E-state index contributed by atoms with van der Waals surface area (Å²) < 4.78 is 0. The van der Waals surface area contributed by atoms with Crippen LogP contribution in [0.25, 0.3) is 0 Å². The van der Waals surface area contributed by atoms with Gasteiger partial charge in [0.05, 0.1) is 17.2 Å². The van der Waals surface area contributed by atoms with Crippen LogP contribution in [0.4, 0.5) is 0 Å². The molecule has 2 N–H and O–H groups in total. The van der Waals surface area contributed by atoms with Crippen molar-refractivity contribution < 1.29 is 0 Å². The lowest BCUT2D eigenvalue weighted by atomic mass is 10.2. The van der Waals surface area contributed by atoms with Crippen molar-refractivity contribution in [1.29, 1.82) is 0 Å². The summed E-state index contributed by atoms with van der Waals surface area (Å²) in [5.41, 5.74) is 1.10. The first-order valence-electron chi connectivity index (χ1n) is 7.43. The fourth-order valence-electron chi connectivity index (χ4n) is 2.28. The molecule has 4 nitrogen and oxygen atoms in total. The third-order valence-electron chi connectivity index (χ3n) is 3.33. The molecular weight excluding hydrogens is 439 g/mol. The number of hydrogen-bond donors (Lipinski definition) is 2. The maximum absolute atomic E-state index is 4.45. The third-order valence-corrected chi connectivity index (χ3v) is 5.42. The molecule has 0 aliphatic heterocycles. The molecule has 2 aromatic heterocycles. The molecule has 0 amide bonds. The molecule has 7 heteroatoms. The molecule has 0 bridgehead atoms. The van der Waals surface area contributed by atoms with E-state index in [2.05, 4.69) is 53.5 Å². The Balaban J connectivity index is 0.00000264. The lowest BCUT2D eigenvalue weighted by Crippen LogP contribution is -2.42. The van der Waals surface area contributed by atoms with E-state index in [4.69, 9.17) is 0 Å². The lowest BCUT2D eigenvalue weighted by molar-refractivity contribution is 0.645. The molecule has 1 atom stereocenters. The van der Waals surface area contributed by atoms with Crippen LogP contribution >= 0.6 is 46.7 Å². The fraction of sp³-hybridized carbons (Fsp3) is 0.500. The van der Waals surface area contributed by atoms with Crippen LogP contribution in [0.3, 0.4) is 0 Å². The van der Waals surface area contributed by atoms with Gasteiger partial charge in [-0.15, -0.1) is 46.7 Å². The van der Waals surface area contributed by atoms with Gasteiger partial charge in [0.15, 0.2) is 5.96 Å². The fourth-order valence-corrected chi connectivity index (χ4v) is 4.17. The van der Waals surface area contributed by atoms with Gasteiger partial charge in [0, 0.05) is 34.1 Å². The van der Waals surface area contributed by atoms with Crippen molar-refractivity contribution in [2.24, 2.45) is 4.99 Å². The molecule has 0 saturated carbocycles. The highest BCUT2D eigenvalue weighted by Gasteiger charge is 2.09. The van der Waals surface area contributed by atoms with E-state index >= 15 is 0 Å². The summed E-state index contributed by atoms with van der Waals surface area (Å²) in [6.07, 6.45) is 1.01. The molecule has 1 unspecified atom stereocenters. The van der Waals surface area contributed by atoms with E-state index in [1.165, 1.54) is 14.6 Å². The van der Waals surface area contributed by atoms with E-state index in [-0.39, 0.29) is 24.0 Å². The van der Waals surface area contributed by atoms with Crippen molar-refractivity contribution in [3.63, 3.8) is 0 Å². The average Bonchev–Trinajstić information content (AvgIpc) is 3.00. The Labute approximate surface area is 163 Å². The zero-order chi connectivity index (χ0) is 16.1. The lowest BCUT2D eigenvalue weighted by Gasteiger charge is -2.17. The number of hydrogen-bond acceptors (Lipinski definition) is 4. The molecule has 0 spiro atoms. The van der Waals surface area contributed by atoms with E-state index in [1.54, 1.807) is 11.3 Å². The number of aryl methyl sites for hydroxylation is 3. The second-order valence-corrected chi connectivity index (χ2v) is 8.09. The highest BCUT2D eigenvalue weighted by molar-refractivity contribution is 14.0. The molecule has 0 radical (unpaired) electrons. The van der Waals surface area contributed by atoms with Crippen LogP contribution in [0, 0.1) is 20.8 Å². The van der Waals surface area contributed by atoms with Gasteiger partial charge in [-0.2, -0.15) is 0 Å². The molecule has 0 aliphatic rings. The summed E-state index contributed by atoms with van der Waals surface area (Å²) in [6, 6.07) is 4.72. The Kier molecular flexibility index (Phi) is 8.49. The SMILES string of the molecule is CN=C(NCc1sc(C)nc1C)NC(C)Cc1ccc(C)s1.I. The van der Waals surface area contributed by atoms with Gasteiger partial charge in [-0.25, -0.2) is 4.98 Å². The van der Waals surface area contributed by atoms with E-state index in [1.807, 2.05) is 25.3 Å². The summed E-state index contributed by atoms with van der Waals surface area (Å²) >= 11 is 3.60. The third kappa shape index (κ3) is 6.39.